The van der Waals surface area contributed by atoms with E-state index in [4.69, 9.17) is 11.6 Å². The summed E-state index contributed by atoms with van der Waals surface area (Å²) in [6.07, 6.45) is 1.76. The first kappa shape index (κ1) is 17.9. The molecule has 0 aromatic heterocycles. The van der Waals surface area contributed by atoms with Crippen molar-refractivity contribution in [3.63, 3.8) is 0 Å². The highest BCUT2D eigenvalue weighted by Gasteiger charge is 2.28. The zero-order valence-electron chi connectivity index (χ0n) is 13.8. The van der Waals surface area contributed by atoms with Crippen molar-refractivity contribution in [2.45, 2.75) is 30.3 Å². The van der Waals surface area contributed by atoms with Crippen LogP contribution in [0.1, 0.15) is 28.8 Å². The average Bonchev–Trinajstić information content (AvgIpc) is 3.39. The van der Waals surface area contributed by atoms with Crippen molar-refractivity contribution >= 4 is 27.5 Å². The minimum absolute atomic E-state index is 0.0526. The highest BCUT2D eigenvalue weighted by molar-refractivity contribution is 7.89. The van der Waals surface area contributed by atoms with Crippen molar-refractivity contribution in [1.29, 1.82) is 0 Å². The summed E-state index contributed by atoms with van der Waals surface area (Å²) in [7, 11) is -1.80. The van der Waals surface area contributed by atoms with Crippen molar-refractivity contribution in [1.82, 2.24) is 9.62 Å². The Morgan fingerprint density at radius 3 is 2.28 bits per heavy atom. The second-order valence-corrected chi connectivity index (χ2v) is 8.36. The van der Waals surface area contributed by atoms with Gasteiger partial charge in [-0.15, -0.1) is 0 Å². The third-order valence-corrected chi connectivity index (χ3v) is 5.78. The molecule has 5 nitrogen and oxygen atoms in total. The predicted octanol–water partition coefficient (Wildman–Crippen LogP) is 3.05. The van der Waals surface area contributed by atoms with E-state index in [0.717, 1.165) is 18.4 Å². The lowest BCUT2D eigenvalue weighted by atomic mass is 10.1. The number of carbonyl (C=O) groups excluding carboxylic acids is 1. The molecule has 2 aromatic carbocycles. The first-order valence-electron chi connectivity index (χ1n) is 7.97. The Labute approximate surface area is 152 Å². The van der Waals surface area contributed by atoms with Crippen molar-refractivity contribution in [3.8, 4) is 0 Å². The first-order valence-corrected chi connectivity index (χ1v) is 9.83. The monoisotopic (exact) mass is 378 g/mol. The maximum Gasteiger partial charge on any atom is 0.253 e. The van der Waals surface area contributed by atoms with Gasteiger partial charge < -0.3 is 4.90 Å². The van der Waals surface area contributed by atoms with Gasteiger partial charge in [-0.3, -0.25) is 4.79 Å². The molecular weight excluding hydrogens is 360 g/mol. The third kappa shape index (κ3) is 4.60. The van der Waals surface area contributed by atoms with Crippen LogP contribution in [0.15, 0.2) is 53.4 Å². The fourth-order valence-corrected chi connectivity index (χ4v) is 3.85. The largest absolute Gasteiger partial charge is 0.337 e. The molecule has 1 aliphatic carbocycles. The molecule has 0 aliphatic heterocycles. The first-order chi connectivity index (χ1) is 11.8. The van der Waals surface area contributed by atoms with Gasteiger partial charge in [0.15, 0.2) is 0 Å². The number of benzene rings is 2. The summed E-state index contributed by atoms with van der Waals surface area (Å²) in [6.45, 7) is 0.444. The fourth-order valence-electron chi connectivity index (χ4n) is 2.42. The molecule has 0 bridgehead atoms. The molecule has 0 radical (unpaired) electrons. The normalized spacial score (nSPS) is 14.3. The predicted molar refractivity (Wildman–Crippen MR) is 97.0 cm³/mol. The quantitative estimate of drug-likeness (QED) is 0.840. The topological polar surface area (TPSA) is 66.5 Å². The molecule has 0 spiro atoms. The Balaban J connectivity index is 1.68. The summed E-state index contributed by atoms with van der Waals surface area (Å²) in [6, 6.07) is 13.4. The second kappa shape index (κ2) is 7.15. The molecule has 0 unspecified atom stereocenters. The van der Waals surface area contributed by atoms with Gasteiger partial charge in [0.1, 0.15) is 0 Å². The van der Waals surface area contributed by atoms with Crippen LogP contribution in [0.2, 0.25) is 5.02 Å². The number of hydrogen-bond donors (Lipinski definition) is 1. The Hall–Kier alpha value is -1.89. The zero-order chi connectivity index (χ0) is 18.0. The van der Waals surface area contributed by atoms with Crippen molar-refractivity contribution in [2.24, 2.45) is 0 Å². The summed E-state index contributed by atoms with van der Waals surface area (Å²) in [5, 5.41) is 0.648. The van der Waals surface area contributed by atoms with Gasteiger partial charge in [0.25, 0.3) is 5.91 Å². The molecule has 3 rings (SSSR count). The van der Waals surface area contributed by atoms with E-state index < -0.39 is 10.0 Å². The van der Waals surface area contributed by atoms with Gasteiger partial charge in [0.2, 0.25) is 10.0 Å². The average molecular weight is 379 g/mol. The van der Waals surface area contributed by atoms with Gasteiger partial charge in [-0.25, -0.2) is 13.1 Å². The molecule has 1 fully saturated rings. The number of rotatable bonds is 6. The SMILES string of the molecule is CN(Cc1ccc(Cl)cc1)C(=O)c1ccc(S(=O)(=O)NC2CC2)cc1. The molecule has 2 aromatic rings. The van der Waals surface area contributed by atoms with Gasteiger partial charge in [0, 0.05) is 30.2 Å². The summed E-state index contributed by atoms with van der Waals surface area (Å²) >= 11 is 5.86. The van der Waals surface area contributed by atoms with Gasteiger partial charge >= 0.3 is 0 Å². The van der Waals surface area contributed by atoms with Gasteiger partial charge in [-0.1, -0.05) is 23.7 Å². The van der Waals surface area contributed by atoms with Crippen LogP contribution in [0.5, 0.6) is 0 Å². The summed E-state index contributed by atoms with van der Waals surface area (Å²) in [4.78, 5) is 14.3. The van der Waals surface area contributed by atoms with Crippen LogP contribution in [0.3, 0.4) is 0 Å². The van der Waals surface area contributed by atoms with E-state index in [0.29, 0.717) is 17.1 Å². The van der Waals surface area contributed by atoms with Crippen LogP contribution in [0.4, 0.5) is 0 Å². The highest BCUT2D eigenvalue weighted by Crippen LogP contribution is 2.22. The molecule has 132 valence electrons. The minimum atomic E-state index is -3.50. The smallest absolute Gasteiger partial charge is 0.253 e. The number of halogens is 1. The standard InChI is InChI=1S/C18H19ClN2O3S/c1-21(12-13-2-6-15(19)7-3-13)18(22)14-4-10-17(11-5-14)25(23,24)20-16-8-9-16/h2-7,10-11,16,20H,8-9,12H2,1H3. The van der Waals surface area contributed by atoms with E-state index in [9.17, 15) is 13.2 Å². The van der Waals surface area contributed by atoms with E-state index in [1.807, 2.05) is 12.1 Å². The van der Waals surface area contributed by atoms with Gasteiger partial charge in [-0.05, 0) is 54.8 Å². The maximum absolute atomic E-state index is 12.5. The lowest BCUT2D eigenvalue weighted by Crippen LogP contribution is -2.27. The molecule has 25 heavy (non-hydrogen) atoms. The number of nitrogens with zero attached hydrogens (tertiary/aromatic N) is 1. The lowest BCUT2D eigenvalue weighted by molar-refractivity contribution is 0.0785. The molecule has 0 saturated heterocycles. The van der Waals surface area contributed by atoms with Gasteiger partial charge in [0.05, 0.1) is 4.90 Å². The van der Waals surface area contributed by atoms with Crippen LogP contribution in [0.25, 0.3) is 0 Å². The van der Waals surface area contributed by atoms with Crippen molar-refractivity contribution < 1.29 is 13.2 Å². The maximum atomic E-state index is 12.5. The molecule has 1 saturated carbocycles. The number of sulfonamides is 1. The Kier molecular flexibility index (Phi) is 5.13. The van der Waals surface area contributed by atoms with E-state index >= 15 is 0 Å². The van der Waals surface area contributed by atoms with Crippen molar-refractivity contribution in [3.05, 3.63) is 64.7 Å². The molecule has 0 atom stereocenters. The Morgan fingerprint density at radius 2 is 1.72 bits per heavy atom. The van der Waals surface area contributed by atoms with Crippen LogP contribution >= 0.6 is 11.6 Å². The van der Waals surface area contributed by atoms with E-state index in [-0.39, 0.29) is 16.8 Å². The van der Waals surface area contributed by atoms with E-state index in [1.54, 1.807) is 36.2 Å². The fraction of sp³-hybridized carbons (Fsp3) is 0.278. The summed E-state index contributed by atoms with van der Waals surface area (Å²) in [5.74, 6) is -0.172. The summed E-state index contributed by atoms with van der Waals surface area (Å²) < 4.78 is 26.9. The van der Waals surface area contributed by atoms with Crippen LogP contribution < -0.4 is 4.72 Å². The van der Waals surface area contributed by atoms with Crippen molar-refractivity contribution in [2.75, 3.05) is 7.05 Å². The van der Waals surface area contributed by atoms with E-state index in [1.165, 1.54) is 12.1 Å². The third-order valence-electron chi connectivity index (χ3n) is 3.99. The van der Waals surface area contributed by atoms with Crippen LogP contribution in [0, 0.1) is 0 Å². The van der Waals surface area contributed by atoms with E-state index in [2.05, 4.69) is 4.72 Å². The molecule has 1 aliphatic rings. The van der Waals surface area contributed by atoms with Crippen LogP contribution in [-0.2, 0) is 16.6 Å². The summed E-state index contributed by atoms with van der Waals surface area (Å²) in [5.41, 5.74) is 1.41. The number of hydrogen-bond acceptors (Lipinski definition) is 3. The minimum Gasteiger partial charge on any atom is -0.337 e. The Bertz CT molecular complexity index is 860. The molecule has 0 heterocycles. The number of carbonyl (C=O) groups is 1. The molecule has 7 heteroatoms. The molecule has 1 N–H and O–H groups in total. The highest BCUT2D eigenvalue weighted by atomic mass is 35.5. The van der Waals surface area contributed by atoms with Gasteiger partial charge in [-0.2, -0.15) is 0 Å². The molecular formula is C18H19ClN2O3S. The number of amides is 1. The zero-order valence-corrected chi connectivity index (χ0v) is 15.3. The second-order valence-electron chi connectivity index (χ2n) is 6.21. The Morgan fingerprint density at radius 1 is 1.12 bits per heavy atom. The van der Waals surface area contributed by atoms with Crippen LogP contribution in [-0.4, -0.2) is 32.3 Å². The molecule has 1 amide bonds. The number of nitrogens with one attached hydrogen (secondary N) is 1. The lowest BCUT2D eigenvalue weighted by Gasteiger charge is -2.17.